The van der Waals surface area contributed by atoms with Gasteiger partial charge in [-0.15, -0.1) is 21.5 Å². The lowest BCUT2D eigenvalue weighted by Gasteiger charge is -1.98. The van der Waals surface area contributed by atoms with Crippen LogP contribution >= 0.6 is 34.4 Å². The summed E-state index contributed by atoms with van der Waals surface area (Å²) in [7, 11) is 0. The highest BCUT2D eigenvalue weighted by Gasteiger charge is 2.01. The van der Waals surface area contributed by atoms with Gasteiger partial charge in [0, 0.05) is 11.4 Å². The van der Waals surface area contributed by atoms with Gasteiger partial charge in [-0.2, -0.15) is 0 Å². The van der Waals surface area contributed by atoms with Crippen LogP contribution in [0.25, 0.3) is 0 Å². The molecule has 0 unspecified atom stereocenters. The largest absolute Gasteiger partial charge is 0.360 e. The van der Waals surface area contributed by atoms with Crippen molar-refractivity contribution in [1.29, 1.82) is 0 Å². The van der Waals surface area contributed by atoms with Crippen molar-refractivity contribution < 1.29 is 0 Å². The molecule has 0 aliphatic carbocycles. The van der Waals surface area contributed by atoms with Gasteiger partial charge < -0.3 is 5.32 Å². The molecule has 6 heteroatoms. The van der Waals surface area contributed by atoms with Crippen molar-refractivity contribution in [2.75, 3.05) is 18.1 Å². The normalized spacial score (nSPS) is 10.5. The molecule has 0 amide bonds. The Kier molecular flexibility index (Phi) is 3.99. The Morgan fingerprint density at radius 2 is 2.40 bits per heavy atom. The molecule has 1 N–H and O–H groups in total. The first kappa shape index (κ1) is 10.9. The zero-order valence-corrected chi connectivity index (χ0v) is 10.7. The molecule has 0 atom stereocenters. The smallest absolute Gasteiger partial charge is 0.206 e. The SMILES string of the molecule is CSc1nnc(NCCc2cccs2)s1. The maximum Gasteiger partial charge on any atom is 0.206 e. The van der Waals surface area contributed by atoms with E-state index in [1.807, 2.05) is 6.26 Å². The minimum absolute atomic E-state index is 0.913. The van der Waals surface area contributed by atoms with Crippen molar-refractivity contribution in [2.24, 2.45) is 0 Å². The van der Waals surface area contributed by atoms with Gasteiger partial charge in [-0.25, -0.2) is 0 Å². The summed E-state index contributed by atoms with van der Waals surface area (Å²) in [6.07, 6.45) is 3.06. The van der Waals surface area contributed by atoms with Crippen LogP contribution < -0.4 is 5.32 Å². The molecule has 0 aromatic carbocycles. The summed E-state index contributed by atoms with van der Waals surface area (Å²) in [5, 5.41) is 14.4. The number of nitrogens with one attached hydrogen (secondary N) is 1. The summed E-state index contributed by atoms with van der Waals surface area (Å²) >= 11 is 5.02. The molecule has 0 aliphatic heterocycles. The predicted molar refractivity (Wildman–Crippen MR) is 68.2 cm³/mol. The number of nitrogens with zero attached hydrogens (tertiary/aromatic N) is 2. The van der Waals surface area contributed by atoms with Crippen LogP contribution in [0.15, 0.2) is 21.9 Å². The highest BCUT2D eigenvalue weighted by molar-refractivity contribution is 8.00. The lowest BCUT2D eigenvalue weighted by molar-refractivity contribution is 0.981. The molecule has 0 fully saturated rings. The minimum Gasteiger partial charge on any atom is -0.360 e. The zero-order valence-electron chi connectivity index (χ0n) is 8.27. The van der Waals surface area contributed by atoms with Gasteiger partial charge in [0.15, 0.2) is 4.34 Å². The first-order valence-corrected chi connectivity index (χ1v) is 7.44. The highest BCUT2D eigenvalue weighted by Crippen LogP contribution is 2.23. The quantitative estimate of drug-likeness (QED) is 0.836. The molecule has 0 saturated heterocycles. The molecule has 0 bridgehead atoms. The van der Waals surface area contributed by atoms with Crippen LogP contribution in [0, 0.1) is 0 Å². The van der Waals surface area contributed by atoms with E-state index < -0.39 is 0 Å². The Labute approximate surface area is 101 Å². The fourth-order valence-electron chi connectivity index (χ4n) is 1.11. The molecule has 2 aromatic heterocycles. The number of thiophene rings is 1. The fourth-order valence-corrected chi connectivity index (χ4v) is 3.02. The first-order valence-electron chi connectivity index (χ1n) is 4.52. The average Bonchev–Trinajstić information content (AvgIpc) is 2.88. The third-order valence-corrected chi connectivity index (χ3v) is 4.60. The van der Waals surface area contributed by atoms with E-state index in [0.717, 1.165) is 22.4 Å². The average molecular weight is 257 g/mol. The Hall–Kier alpha value is -0.590. The third kappa shape index (κ3) is 3.19. The van der Waals surface area contributed by atoms with Gasteiger partial charge in [0.25, 0.3) is 0 Å². The van der Waals surface area contributed by atoms with Crippen molar-refractivity contribution in [3.8, 4) is 0 Å². The Balaban J connectivity index is 1.78. The van der Waals surface area contributed by atoms with Crippen molar-refractivity contribution in [3.63, 3.8) is 0 Å². The molecule has 2 aromatic rings. The Morgan fingerprint density at radius 1 is 1.47 bits per heavy atom. The van der Waals surface area contributed by atoms with E-state index in [0.29, 0.717) is 0 Å². The van der Waals surface area contributed by atoms with Gasteiger partial charge in [0.05, 0.1) is 0 Å². The van der Waals surface area contributed by atoms with Crippen LogP contribution in [0.5, 0.6) is 0 Å². The van der Waals surface area contributed by atoms with Crippen molar-refractivity contribution >= 4 is 39.6 Å². The summed E-state index contributed by atoms with van der Waals surface area (Å²) in [4.78, 5) is 1.40. The Bertz CT molecular complexity index is 396. The van der Waals surface area contributed by atoms with Crippen LogP contribution in [0.3, 0.4) is 0 Å². The van der Waals surface area contributed by atoms with Crippen molar-refractivity contribution in [1.82, 2.24) is 10.2 Å². The van der Waals surface area contributed by atoms with Crippen LogP contribution in [0.1, 0.15) is 4.88 Å². The third-order valence-electron chi connectivity index (χ3n) is 1.81. The van der Waals surface area contributed by atoms with Crippen LogP contribution in [-0.4, -0.2) is 23.0 Å². The van der Waals surface area contributed by atoms with E-state index in [1.54, 1.807) is 34.4 Å². The summed E-state index contributed by atoms with van der Waals surface area (Å²) < 4.78 is 1.01. The molecule has 0 aliphatic rings. The minimum atomic E-state index is 0.913. The number of aromatic nitrogens is 2. The van der Waals surface area contributed by atoms with Gasteiger partial charge in [-0.1, -0.05) is 29.2 Å². The van der Waals surface area contributed by atoms with Crippen LogP contribution in [-0.2, 0) is 6.42 Å². The molecule has 80 valence electrons. The van der Waals surface area contributed by atoms with E-state index in [-0.39, 0.29) is 0 Å². The van der Waals surface area contributed by atoms with E-state index in [2.05, 4.69) is 33.0 Å². The molecule has 15 heavy (non-hydrogen) atoms. The zero-order chi connectivity index (χ0) is 10.5. The number of anilines is 1. The van der Waals surface area contributed by atoms with Crippen molar-refractivity contribution in [2.45, 2.75) is 10.8 Å². The van der Waals surface area contributed by atoms with E-state index >= 15 is 0 Å². The van der Waals surface area contributed by atoms with Gasteiger partial charge in [0.2, 0.25) is 5.13 Å². The second kappa shape index (κ2) is 5.48. The molecule has 2 rings (SSSR count). The molecule has 3 nitrogen and oxygen atoms in total. The summed E-state index contributed by atoms with van der Waals surface area (Å²) in [5.41, 5.74) is 0. The van der Waals surface area contributed by atoms with E-state index in [4.69, 9.17) is 0 Å². The summed E-state index contributed by atoms with van der Waals surface area (Å²) in [6.45, 7) is 0.920. The van der Waals surface area contributed by atoms with Gasteiger partial charge >= 0.3 is 0 Å². The van der Waals surface area contributed by atoms with Crippen LogP contribution in [0.4, 0.5) is 5.13 Å². The number of hydrogen-bond acceptors (Lipinski definition) is 6. The van der Waals surface area contributed by atoms with Crippen molar-refractivity contribution in [3.05, 3.63) is 22.4 Å². The predicted octanol–water partition coefficient (Wildman–Crippen LogP) is 2.98. The van der Waals surface area contributed by atoms with E-state index in [9.17, 15) is 0 Å². The number of rotatable bonds is 5. The molecule has 0 saturated carbocycles. The molecule has 0 spiro atoms. The summed E-state index contributed by atoms with van der Waals surface area (Å²) in [6, 6.07) is 4.23. The fraction of sp³-hybridized carbons (Fsp3) is 0.333. The monoisotopic (exact) mass is 257 g/mol. The van der Waals surface area contributed by atoms with E-state index in [1.165, 1.54) is 4.88 Å². The Morgan fingerprint density at radius 3 is 3.07 bits per heavy atom. The molecular formula is C9H11N3S3. The van der Waals surface area contributed by atoms with Crippen LogP contribution in [0.2, 0.25) is 0 Å². The maximum atomic E-state index is 4.05. The number of thioether (sulfide) groups is 1. The van der Waals surface area contributed by atoms with Gasteiger partial charge in [0.1, 0.15) is 0 Å². The molecule has 0 radical (unpaired) electrons. The summed E-state index contributed by atoms with van der Waals surface area (Å²) in [5.74, 6) is 0. The van der Waals surface area contributed by atoms with Gasteiger partial charge in [-0.05, 0) is 24.1 Å². The molecular weight excluding hydrogens is 246 g/mol. The standard InChI is InChI=1S/C9H11N3S3/c1-13-9-12-11-8(15-9)10-5-4-7-3-2-6-14-7/h2-3,6H,4-5H2,1H3,(H,10,11). The first-order chi connectivity index (χ1) is 7.38. The second-order valence-corrected chi connectivity index (χ2v) is 5.90. The maximum absolute atomic E-state index is 4.05. The lowest BCUT2D eigenvalue weighted by atomic mass is 10.3. The number of hydrogen-bond donors (Lipinski definition) is 1. The molecule has 2 heterocycles. The topological polar surface area (TPSA) is 37.8 Å². The second-order valence-electron chi connectivity index (χ2n) is 2.83. The lowest BCUT2D eigenvalue weighted by Crippen LogP contribution is -2.03. The van der Waals surface area contributed by atoms with Gasteiger partial charge in [-0.3, -0.25) is 0 Å². The highest BCUT2D eigenvalue weighted by atomic mass is 32.2.